The summed E-state index contributed by atoms with van der Waals surface area (Å²) in [4.78, 5) is 11.7. The second-order valence-corrected chi connectivity index (χ2v) is 4.86. The second kappa shape index (κ2) is 8.38. The molecule has 0 aromatic heterocycles. The van der Waals surface area contributed by atoms with Gasteiger partial charge in [0.2, 0.25) is 5.91 Å². The van der Waals surface area contributed by atoms with E-state index in [1.165, 1.54) is 6.08 Å². The molecule has 0 bridgehead atoms. The van der Waals surface area contributed by atoms with Crippen LogP contribution in [-0.4, -0.2) is 30.3 Å². The normalized spacial score (nSPS) is 12.7. The van der Waals surface area contributed by atoms with Gasteiger partial charge in [-0.1, -0.05) is 32.0 Å². The average Bonchev–Trinajstić information content (AvgIpc) is 2.44. The molecule has 0 aliphatic heterocycles. The second-order valence-electron chi connectivity index (χ2n) is 4.86. The molecule has 1 unspecified atom stereocenters. The van der Waals surface area contributed by atoms with Gasteiger partial charge in [0.15, 0.2) is 0 Å². The summed E-state index contributed by atoms with van der Waals surface area (Å²) in [5.74, 6) is 0.648. The van der Waals surface area contributed by atoms with Crippen molar-refractivity contribution < 1.29 is 14.6 Å². The van der Waals surface area contributed by atoms with Gasteiger partial charge in [0.1, 0.15) is 5.75 Å². The molecular weight excluding hydrogens is 254 g/mol. The van der Waals surface area contributed by atoms with E-state index in [0.29, 0.717) is 6.61 Å². The lowest BCUT2D eigenvalue weighted by Crippen LogP contribution is -2.33. The monoisotopic (exact) mass is 277 g/mol. The van der Waals surface area contributed by atoms with Gasteiger partial charge in [-0.3, -0.25) is 4.79 Å². The van der Waals surface area contributed by atoms with Crippen molar-refractivity contribution in [3.05, 3.63) is 35.9 Å². The summed E-state index contributed by atoms with van der Waals surface area (Å²) < 4.78 is 5.48. The van der Waals surface area contributed by atoms with Crippen LogP contribution in [0.3, 0.4) is 0 Å². The quantitative estimate of drug-likeness (QED) is 0.751. The van der Waals surface area contributed by atoms with E-state index < -0.39 is 6.10 Å². The molecule has 1 aromatic carbocycles. The topological polar surface area (TPSA) is 58.6 Å². The lowest BCUT2D eigenvalue weighted by atomic mass is 10.1. The lowest BCUT2D eigenvalue weighted by Gasteiger charge is -2.14. The Morgan fingerprint density at radius 3 is 2.75 bits per heavy atom. The van der Waals surface area contributed by atoms with Gasteiger partial charge >= 0.3 is 0 Å². The minimum absolute atomic E-state index is 0.123. The standard InChI is InChI=1S/C16H23NO3/c1-4-20-15-8-6-5-7-13(15)9-10-16(19)17-11-14(18)12(2)3/h5-10,12,14,18H,4,11H2,1-3H3,(H,17,19)/b10-9+. The van der Waals surface area contributed by atoms with Gasteiger partial charge in [0, 0.05) is 18.2 Å². The summed E-state index contributed by atoms with van der Waals surface area (Å²) >= 11 is 0. The Balaban J connectivity index is 2.57. The van der Waals surface area contributed by atoms with E-state index >= 15 is 0 Å². The van der Waals surface area contributed by atoms with Crippen LogP contribution >= 0.6 is 0 Å². The van der Waals surface area contributed by atoms with Crippen LogP contribution in [-0.2, 0) is 4.79 Å². The van der Waals surface area contributed by atoms with Crippen molar-refractivity contribution in [2.75, 3.05) is 13.2 Å². The summed E-state index contributed by atoms with van der Waals surface area (Å²) in [6, 6.07) is 7.53. The highest BCUT2D eigenvalue weighted by molar-refractivity contribution is 5.92. The third-order valence-electron chi connectivity index (χ3n) is 2.89. The van der Waals surface area contributed by atoms with E-state index in [0.717, 1.165) is 11.3 Å². The minimum Gasteiger partial charge on any atom is -0.493 e. The molecule has 0 saturated heterocycles. The first kappa shape index (κ1) is 16.2. The molecule has 0 aliphatic rings. The molecule has 4 nitrogen and oxygen atoms in total. The fourth-order valence-electron chi connectivity index (χ4n) is 1.57. The van der Waals surface area contributed by atoms with E-state index in [1.807, 2.05) is 45.0 Å². The number of amides is 1. The summed E-state index contributed by atoms with van der Waals surface area (Å²) in [6.07, 6.45) is 2.63. The molecule has 0 radical (unpaired) electrons. The number of nitrogens with one attached hydrogen (secondary N) is 1. The highest BCUT2D eigenvalue weighted by Crippen LogP contribution is 2.19. The number of benzene rings is 1. The van der Waals surface area contributed by atoms with E-state index in [9.17, 15) is 9.90 Å². The number of hydrogen-bond acceptors (Lipinski definition) is 3. The molecule has 0 aliphatic carbocycles. The Morgan fingerprint density at radius 2 is 2.10 bits per heavy atom. The fraction of sp³-hybridized carbons (Fsp3) is 0.438. The number of rotatable bonds is 7. The Labute approximate surface area is 120 Å². The highest BCUT2D eigenvalue weighted by atomic mass is 16.5. The van der Waals surface area contributed by atoms with Crippen LogP contribution < -0.4 is 10.1 Å². The fourth-order valence-corrected chi connectivity index (χ4v) is 1.57. The number of ether oxygens (including phenoxy) is 1. The molecule has 0 saturated carbocycles. The van der Waals surface area contributed by atoms with E-state index in [-0.39, 0.29) is 18.4 Å². The van der Waals surface area contributed by atoms with E-state index in [4.69, 9.17) is 4.74 Å². The molecule has 0 spiro atoms. The van der Waals surface area contributed by atoms with Crippen LogP contribution in [0, 0.1) is 5.92 Å². The number of carbonyl (C=O) groups is 1. The van der Waals surface area contributed by atoms with Gasteiger partial charge in [-0.2, -0.15) is 0 Å². The number of carbonyl (C=O) groups excluding carboxylic acids is 1. The van der Waals surface area contributed by atoms with Gasteiger partial charge in [-0.25, -0.2) is 0 Å². The smallest absolute Gasteiger partial charge is 0.244 e. The van der Waals surface area contributed by atoms with Crippen LogP contribution in [0.1, 0.15) is 26.3 Å². The van der Waals surface area contributed by atoms with E-state index in [1.54, 1.807) is 6.08 Å². The first-order valence-electron chi connectivity index (χ1n) is 6.90. The van der Waals surface area contributed by atoms with Gasteiger partial charge < -0.3 is 15.2 Å². The van der Waals surface area contributed by atoms with Crippen LogP contribution in [0.25, 0.3) is 6.08 Å². The maximum atomic E-state index is 11.7. The van der Waals surface area contributed by atoms with Gasteiger partial charge in [0.05, 0.1) is 12.7 Å². The number of para-hydroxylation sites is 1. The van der Waals surface area contributed by atoms with Crippen molar-refractivity contribution in [2.24, 2.45) is 5.92 Å². The first-order chi connectivity index (χ1) is 9.54. The average molecular weight is 277 g/mol. The summed E-state index contributed by atoms with van der Waals surface area (Å²) in [7, 11) is 0. The summed E-state index contributed by atoms with van der Waals surface area (Å²) in [5, 5.41) is 12.3. The molecule has 0 heterocycles. The first-order valence-corrected chi connectivity index (χ1v) is 6.90. The summed E-state index contributed by atoms with van der Waals surface area (Å²) in [5.41, 5.74) is 0.855. The lowest BCUT2D eigenvalue weighted by molar-refractivity contribution is -0.117. The van der Waals surface area contributed by atoms with Crippen molar-refractivity contribution in [1.29, 1.82) is 0 Å². The van der Waals surface area contributed by atoms with Crippen molar-refractivity contribution in [2.45, 2.75) is 26.9 Å². The van der Waals surface area contributed by atoms with Crippen molar-refractivity contribution >= 4 is 12.0 Å². The Hall–Kier alpha value is -1.81. The van der Waals surface area contributed by atoms with Crippen LogP contribution in [0.15, 0.2) is 30.3 Å². The predicted molar refractivity (Wildman–Crippen MR) is 80.5 cm³/mol. The molecule has 1 aromatic rings. The van der Waals surface area contributed by atoms with Gasteiger partial charge in [0.25, 0.3) is 0 Å². The molecule has 4 heteroatoms. The number of aliphatic hydroxyl groups excluding tert-OH is 1. The molecule has 0 fully saturated rings. The van der Waals surface area contributed by atoms with Crippen molar-refractivity contribution in [1.82, 2.24) is 5.32 Å². The predicted octanol–water partition coefficient (Wildman–Crippen LogP) is 2.23. The Bertz CT molecular complexity index is 455. The maximum absolute atomic E-state index is 11.7. The minimum atomic E-state index is -0.525. The SMILES string of the molecule is CCOc1ccccc1/C=C/C(=O)NCC(O)C(C)C. The molecule has 110 valence electrons. The van der Waals surface area contributed by atoms with Crippen LogP contribution in [0.5, 0.6) is 5.75 Å². The summed E-state index contributed by atoms with van der Waals surface area (Å²) in [6.45, 7) is 6.57. The number of aliphatic hydroxyl groups is 1. The maximum Gasteiger partial charge on any atom is 0.244 e. The zero-order valence-corrected chi connectivity index (χ0v) is 12.3. The molecule has 1 rings (SSSR count). The van der Waals surface area contributed by atoms with Crippen LogP contribution in [0.4, 0.5) is 0 Å². The van der Waals surface area contributed by atoms with Gasteiger partial charge in [-0.15, -0.1) is 0 Å². The largest absolute Gasteiger partial charge is 0.493 e. The third kappa shape index (κ3) is 5.45. The van der Waals surface area contributed by atoms with Crippen LogP contribution in [0.2, 0.25) is 0 Å². The van der Waals surface area contributed by atoms with Crippen molar-refractivity contribution in [3.63, 3.8) is 0 Å². The highest BCUT2D eigenvalue weighted by Gasteiger charge is 2.09. The zero-order chi connectivity index (χ0) is 15.0. The Morgan fingerprint density at radius 1 is 1.40 bits per heavy atom. The molecule has 20 heavy (non-hydrogen) atoms. The van der Waals surface area contributed by atoms with E-state index in [2.05, 4.69) is 5.32 Å². The van der Waals surface area contributed by atoms with Crippen molar-refractivity contribution in [3.8, 4) is 5.75 Å². The Kier molecular flexibility index (Phi) is 6.81. The molecule has 1 amide bonds. The molecule has 2 N–H and O–H groups in total. The number of hydrogen-bond donors (Lipinski definition) is 2. The zero-order valence-electron chi connectivity index (χ0n) is 12.3. The third-order valence-corrected chi connectivity index (χ3v) is 2.89. The molecular formula is C16H23NO3. The molecule has 1 atom stereocenters. The van der Waals surface area contributed by atoms with Gasteiger partial charge in [-0.05, 0) is 25.0 Å².